The number of rotatable bonds is 5. The highest BCUT2D eigenvalue weighted by atomic mass is 16.6. The van der Waals surface area contributed by atoms with E-state index in [1.54, 1.807) is 27.7 Å². The first-order chi connectivity index (χ1) is 10.6. The first-order valence-electron chi connectivity index (χ1n) is 7.85. The smallest absolute Gasteiger partial charge is 0.410 e. The summed E-state index contributed by atoms with van der Waals surface area (Å²) in [6.07, 6.45) is 0.0459. The van der Waals surface area contributed by atoms with Crippen LogP contribution >= 0.6 is 0 Å². The molecule has 1 aliphatic heterocycles. The number of nitrogens with zero attached hydrogens (tertiary/aromatic N) is 1. The average Bonchev–Trinajstić information content (AvgIpc) is 2.48. The van der Waals surface area contributed by atoms with Gasteiger partial charge in [0.2, 0.25) is 0 Å². The van der Waals surface area contributed by atoms with Crippen molar-refractivity contribution in [2.45, 2.75) is 46.6 Å². The predicted octanol–water partition coefficient (Wildman–Crippen LogP) is 1.58. The van der Waals surface area contributed by atoms with Gasteiger partial charge in [-0.25, -0.2) is 9.59 Å². The highest BCUT2D eigenvalue weighted by molar-refractivity contribution is 6.38. The van der Waals surface area contributed by atoms with Crippen LogP contribution in [0.3, 0.4) is 0 Å². The van der Waals surface area contributed by atoms with Crippen LogP contribution in [0.15, 0.2) is 0 Å². The molecule has 2 unspecified atom stereocenters. The van der Waals surface area contributed by atoms with Gasteiger partial charge in [-0.3, -0.25) is 9.59 Å². The van der Waals surface area contributed by atoms with Gasteiger partial charge in [0.05, 0.1) is 6.61 Å². The number of esters is 1. The molecule has 1 rings (SSSR count). The highest BCUT2D eigenvalue weighted by Gasteiger charge is 2.42. The van der Waals surface area contributed by atoms with Gasteiger partial charge in [0.15, 0.2) is 0 Å². The van der Waals surface area contributed by atoms with Crippen LogP contribution in [0.25, 0.3) is 0 Å². The maximum absolute atomic E-state index is 12.3. The van der Waals surface area contributed by atoms with Crippen LogP contribution < -0.4 is 0 Å². The molecule has 0 aromatic carbocycles. The Balaban J connectivity index is 2.86. The first-order valence-corrected chi connectivity index (χ1v) is 7.85. The fraction of sp³-hybridized carbons (Fsp3) is 0.750. The quantitative estimate of drug-likeness (QED) is 0.433. The van der Waals surface area contributed by atoms with Crippen LogP contribution in [0.2, 0.25) is 0 Å². The number of ketones is 2. The van der Waals surface area contributed by atoms with Crippen molar-refractivity contribution in [2.75, 3.05) is 19.7 Å². The molecule has 0 N–H and O–H groups in total. The maximum Gasteiger partial charge on any atom is 0.410 e. The van der Waals surface area contributed by atoms with Gasteiger partial charge in [0.1, 0.15) is 17.3 Å². The lowest BCUT2D eigenvalue weighted by Crippen LogP contribution is -2.53. The summed E-state index contributed by atoms with van der Waals surface area (Å²) in [5.74, 6) is -4.01. The third-order valence-corrected chi connectivity index (χ3v) is 3.99. The summed E-state index contributed by atoms with van der Waals surface area (Å²) in [6, 6.07) is 0. The molecule has 1 amide bonds. The van der Waals surface area contributed by atoms with Crippen molar-refractivity contribution in [1.82, 2.24) is 4.90 Å². The molecule has 130 valence electrons. The Morgan fingerprint density at radius 2 is 1.83 bits per heavy atom. The van der Waals surface area contributed by atoms with E-state index in [-0.39, 0.29) is 25.5 Å². The Morgan fingerprint density at radius 1 is 1.22 bits per heavy atom. The minimum Gasteiger partial charge on any atom is -0.460 e. The van der Waals surface area contributed by atoms with Crippen LogP contribution in [-0.2, 0) is 23.9 Å². The number of piperidine rings is 1. The lowest BCUT2D eigenvalue weighted by atomic mass is 9.86. The number of Topliss-reactive ketones (excluding diaryl/α,β-unsaturated/α-hetero) is 2. The summed E-state index contributed by atoms with van der Waals surface area (Å²) in [7, 11) is 0. The summed E-state index contributed by atoms with van der Waals surface area (Å²) in [5, 5.41) is 0. The van der Waals surface area contributed by atoms with E-state index in [2.05, 4.69) is 4.74 Å². The van der Waals surface area contributed by atoms with E-state index in [9.17, 15) is 19.2 Å². The Hall–Kier alpha value is -1.92. The number of ether oxygens (including phenoxy) is 2. The molecule has 0 aromatic heterocycles. The Labute approximate surface area is 136 Å². The number of carbonyl (C=O) groups excluding carboxylic acids is 4. The fourth-order valence-corrected chi connectivity index (χ4v) is 2.23. The molecule has 1 heterocycles. The molecule has 7 heteroatoms. The van der Waals surface area contributed by atoms with E-state index in [1.807, 2.05) is 6.92 Å². The molecule has 7 nitrogen and oxygen atoms in total. The monoisotopic (exact) mass is 327 g/mol. The Morgan fingerprint density at radius 3 is 2.35 bits per heavy atom. The van der Waals surface area contributed by atoms with E-state index in [0.717, 1.165) is 0 Å². The number of carbonyl (C=O) groups is 4. The van der Waals surface area contributed by atoms with Gasteiger partial charge in [-0.15, -0.1) is 0 Å². The van der Waals surface area contributed by atoms with Gasteiger partial charge in [-0.1, -0.05) is 13.8 Å². The van der Waals surface area contributed by atoms with Gasteiger partial charge >= 0.3 is 12.1 Å². The van der Waals surface area contributed by atoms with Crippen molar-refractivity contribution in [3.05, 3.63) is 0 Å². The average molecular weight is 327 g/mol. The second kappa shape index (κ2) is 7.57. The van der Waals surface area contributed by atoms with Crippen LogP contribution in [0.1, 0.15) is 41.0 Å². The van der Waals surface area contributed by atoms with Crippen molar-refractivity contribution in [1.29, 1.82) is 0 Å². The van der Waals surface area contributed by atoms with Crippen LogP contribution in [0.4, 0.5) is 4.79 Å². The zero-order valence-corrected chi connectivity index (χ0v) is 14.4. The van der Waals surface area contributed by atoms with E-state index >= 15 is 0 Å². The van der Waals surface area contributed by atoms with E-state index < -0.39 is 35.3 Å². The van der Waals surface area contributed by atoms with Gasteiger partial charge < -0.3 is 14.4 Å². The van der Waals surface area contributed by atoms with Gasteiger partial charge in [0, 0.05) is 19.0 Å². The SMILES string of the molecule is CCOC(=O)C(=O)C1CN(C(=O)OC(C)(C)CC)CC(C)C1=O. The normalized spacial score (nSPS) is 21.8. The predicted molar refractivity (Wildman–Crippen MR) is 81.7 cm³/mol. The molecule has 2 atom stereocenters. The van der Waals surface area contributed by atoms with Crippen LogP contribution in [-0.4, -0.2) is 53.8 Å². The molecule has 0 radical (unpaired) electrons. The minimum atomic E-state index is -1.19. The second-order valence-electron chi connectivity index (χ2n) is 6.33. The number of amides is 1. The number of hydrogen-bond acceptors (Lipinski definition) is 6. The van der Waals surface area contributed by atoms with E-state index in [1.165, 1.54) is 4.90 Å². The van der Waals surface area contributed by atoms with Crippen molar-refractivity contribution in [2.24, 2.45) is 11.8 Å². The number of likely N-dealkylation sites (tertiary alicyclic amines) is 1. The molecule has 0 bridgehead atoms. The molecule has 1 saturated heterocycles. The summed E-state index contributed by atoms with van der Waals surface area (Å²) in [4.78, 5) is 49.4. The molecular weight excluding hydrogens is 302 g/mol. The Bertz CT molecular complexity index is 499. The van der Waals surface area contributed by atoms with Crippen molar-refractivity contribution in [3.63, 3.8) is 0 Å². The number of hydrogen-bond donors (Lipinski definition) is 0. The lowest BCUT2D eigenvalue weighted by Gasteiger charge is -2.35. The van der Waals surface area contributed by atoms with Gasteiger partial charge in [0.25, 0.3) is 5.78 Å². The second-order valence-corrected chi connectivity index (χ2v) is 6.33. The molecule has 0 aliphatic carbocycles. The van der Waals surface area contributed by atoms with Gasteiger partial charge in [-0.05, 0) is 27.2 Å². The van der Waals surface area contributed by atoms with Crippen molar-refractivity contribution >= 4 is 23.6 Å². The fourth-order valence-electron chi connectivity index (χ4n) is 2.23. The van der Waals surface area contributed by atoms with Crippen LogP contribution in [0, 0.1) is 11.8 Å². The largest absolute Gasteiger partial charge is 0.460 e. The molecule has 23 heavy (non-hydrogen) atoms. The first kappa shape index (κ1) is 19.1. The lowest BCUT2D eigenvalue weighted by molar-refractivity contribution is -0.158. The van der Waals surface area contributed by atoms with Crippen LogP contribution in [0.5, 0.6) is 0 Å². The molecular formula is C16H25NO6. The van der Waals surface area contributed by atoms with Crippen molar-refractivity contribution < 1.29 is 28.7 Å². The van der Waals surface area contributed by atoms with Gasteiger partial charge in [-0.2, -0.15) is 0 Å². The zero-order valence-electron chi connectivity index (χ0n) is 14.4. The van der Waals surface area contributed by atoms with E-state index in [0.29, 0.717) is 6.42 Å². The maximum atomic E-state index is 12.3. The topological polar surface area (TPSA) is 90.0 Å². The molecule has 1 aliphatic rings. The third-order valence-electron chi connectivity index (χ3n) is 3.99. The third kappa shape index (κ3) is 4.77. The minimum absolute atomic E-state index is 0.0531. The van der Waals surface area contributed by atoms with Crippen molar-refractivity contribution in [3.8, 4) is 0 Å². The standard InChI is InChI=1S/C16H25NO6/c1-6-16(4,5)23-15(21)17-8-10(3)12(18)11(9-17)13(19)14(20)22-7-2/h10-11H,6-9H2,1-5H3. The summed E-state index contributed by atoms with van der Waals surface area (Å²) in [5.41, 5.74) is -0.636. The summed E-state index contributed by atoms with van der Waals surface area (Å²) in [6.45, 7) is 8.73. The highest BCUT2D eigenvalue weighted by Crippen LogP contribution is 2.23. The summed E-state index contributed by atoms with van der Waals surface area (Å²) >= 11 is 0. The molecule has 0 aromatic rings. The molecule has 0 saturated carbocycles. The van der Waals surface area contributed by atoms with E-state index in [4.69, 9.17) is 4.74 Å². The Kier molecular flexibility index (Phi) is 6.29. The molecule has 1 fully saturated rings. The zero-order chi connectivity index (χ0) is 17.8. The molecule has 0 spiro atoms. The summed E-state index contributed by atoms with van der Waals surface area (Å²) < 4.78 is 10.1.